The van der Waals surface area contributed by atoms with Crippen molar-refractivity contribution in [2.45, 2.75) is 38.1 Å². The van der Waals surface area contributed by atoms with E-state index in [1.54, 1.807) is 12.1 Å². The number of ether oxygens (including phenoxy) is 1. The van der Waals surface area contributed by atoms with Crippen molar-refractivity contribution in [1.82, 2.24) is 5.32 Å². The summed E-state index contributed by atoms with van der Waals surface area (Å²) < 4.78 is 46.9. The second-order valence-electron chi connectivity index (χ2n) is 7.83. The van der Waals surface area contributed by atoms with Gasteiger partial charge in [0, 0.05) is 0 Å². The highest BCUT2D eigenvalue weighted by atomic mass is 32.2. The molecule has 6 nitrogen and oxygen atoms in total. The average Bonchev–Trinajstić information content (AvgIpc) is 2.83. The van der Waals surface area contributed by atoms with Gasteiger partial charge in [-0.05, 0) is 74.4 Å². The Bertz CT molecular complexity index is 1200. The first-order chi connectivity index (χ1) is 16.2. The van der Waals surface area contributed by atoms with E-state index in [2.05, 4.69) is 5.32 Å². The molecule has 0 fully saturated rings. The van der Waals surface area contributed by atoms with Gasteiger partial charge in [-0.3, -0.25) is 9.10 Å². The van der Waals surface area contributed by atoms with Gasteiger partial charge in [-0.2, -0.15) is 0 Å². The number of nitrogens with one attached hydrogen (secondary N) is 1. The van der Waals surface area contributed by atoms with E-state index in [0.29, 0.717) is 18.8 Å². The highest BCUT2D eigenvalue weighted by Gasteiger charge is 2.28. The van der Waals surface area contributed by atoms with Gasteiger partial charge in [0.15, 0.2) is 0 Å². The summed E-state index contributed by atoms with van der Waals surface area (Å²) in [5, 5.41) is 2.92. The molecule has 3 aromatic rings. The lowest BCUT2D eigenvalue weighted by atomic mass is 10.0. The van der Waals surface area contributed by atoms with Crippen LogP contribution in [-0.2, 0) is 14.8 Å². The Morgan fingerprint density at radius 1 is 0.971 bits per heavy atom. The smallest absolute Gasteiger partial charge is 0.264 e. The van der Waals surface area contributed by atoms with Gasteiger partial charge in [-0.15, -0.1) is 0 Å². The number of anilines is 1. The molecule has 0 saturated heterocycles. The summed E-state index contributed by atoms with van der Waals surface area (Å²) in [6.45, 7) is 5.76. The van der Waals surface area contributed by atoms with Crippen molar-refractivity contribution in [2.75, 3.05) is 17.5 Å². The molecule has 8 heteroatoms. The maximum Gasteiger partial charge on any atom is 0.264 e. The molecule has 3 rings (SSSR count). The minimum absolute atomic E-state index is 0.00125. The third-order valence-electron chi connectivity index (χ3n) is 5.35. The zero-order valence-corrected chi connectivity index (χ0v) is 20.3. The van der Waals surface area contributed by atoms with Crippen LogP contribution in [0.3, 0.4) is 0 Å². The first kappa shape index (κ1) is 25.2. The molecule has 0 aliphatic carbocycles. The summed E-state index contributed by atoms with van der Waals surface area (Å²) in [5.74, 6) is -0.431. The molecule has 0 radical (unpaired) electrons. The van der Waals surface area contributed by atoms with Crippen molar-refractivity contribution in [3.63, 3.8) is 0 Å². The van der Waals surface area contributed by atoms with Gasteiger partial charge in [0.25, 0.3) is 10.0 Å². The summed E-state index contributed by atoms with van der Waals surface area (Å²) >= 11 is 0. The third-order valence-corrected chi connectivity index (χ3v) is 7.14. The van der Waals surface area contributed by atoms with E-state index in [-0.39, 0.29) is 16.6 Å². The zero-order valence-electron chi connectivity index (χ0n) is 19.5. The average molecular weight is 485 g/mol. The van der Waals surface area contributed by atoms with Crippen LogP contribution in [0.2, 0.25) is 0 Å². The maximum absolute atomic E-state index is 13.5. The molecular formula is C26H29FN2O4S. The number of aryl methyl sites for hydroxylation is 1. The van der Waals surface area contributed by atoms with Gasteiger partial charge in [0.1, 0.15) is 18.1 Å². The molecule has 0 unspecified atom stereocenters. The summed E-state index contributed by atoms with van der Waals surface area (Å²) in [6.07, 6.45) is 0.636. The Morgan fingerprint density at radius 2 is 1.59 bits per heavy atom. The lowest BCUT2D eigenvalue weighted by molar-refractivity contribution is -0.120. The number of benzene rings is 3. The number of rotatable bonds is 10. The topological polar surface area (TPSA) is 75.7 Å². The third kappa shape index (κ3) is 6.14. The predicted molar refractivity (Wildman–Crippen MR) is 131 cm³/mol. The summed E-state index contributed by atoms with van der Waals surface area (Å²) in [6, 6.07) is 18.5. The Balaban J connectivity index is 1.89. The lowest BCUT2D eigenvalue weighted by Gasteiger charge is -2.26. The van der Waals surface area contributed by atoms with Crippen LogP contribution in [0.5, 0.6) is 5.75 Å². The Kier molecular flexibility index (Phi) is 8.28. The number of hydrogen-bond donors (Lipinski definition) is 1. The van der Waals surface area contributed by atoms with Crippen LogP contribution < -0.4 is 14.4 Å². The van der Waals surface area contributed by atoms with E-state index in [0.717, 1.165) is 27.6 Å². The number of hydrogen-bond acceptors (Lipinski definition) is 4. The summed E-state index contributed by atoms with van der Waals surface area (Å²) in [4.78, 5) is 13.0. The number of carbonyl (C=O) groups excluding carboxylic acids is 1. The van der Waals surface area contributed by atoms with E-state index in [1.807, 2.05) is 45.0 Å². The first-order valence-electron chi connectivity index (χ1n) is 11.1. The maximum atomic E-state index is 13.5. The standard InChI is InChI=1S/C26H29FN2O4S/c1-4-25(20-8-6-19(3)7-9-20)28-26(30)18-29(22-12-10-21(27)11-13-22)34(31,32)24-16-14-23(15-17-24)33-5-2/h6-17,25H,4-5,18H2,1-3H3,(H,28,30)/t25-/m1/s1. The van der Waals surface area contributed by atoms with Crippen molar-refractivity contribution in [1.29, 1.82) is 0 Å². The van der Waals surface area contributed by atoms with E-state index in [9.17, 15) is 17.6 Å². The van der Waals surface area contributed by atoms with Crippen LogP contribution in [-0.4, -0.2) is 27.5 Å². The second kappa shape index (κ2) is 11.2. The molecule has 1 N–H and O–H groups in total. The molecule has 0 saturated carbocycles. The zero-order chi connectivity index (χ0) is 24.7. The molecule has 1 amide bonds. The van der Waals surface area contributed by atoms with Gasteiger partial charge < -0.3 is 10.1 Å². The molecule has 0 bridgehead atoms. The molecule has 0 aliphatic heterocycles. The monoisotopic (exact) mass is 484 g/mol. The van der Waals surface area contributed by atoms with Gasteiger partial charge in [-0.1, -0.05) is 36.8 Å². The Labute approximate surface area is 200 Å². The number of nitrogens with zero attached hydrogens (tertiary/aromatic N) is 1. The van der Waals surface area contributed by atoms with Crippen molar-refractivity contribution in [3.05, 3.63) is 89.7 Å². The van der Waals surface area contributed by atoms with Crippen molar-refractivity contribution >= 4 is 21.6 Å². The summed E-state index contributed by atoms with van der Waals surface area (Å²) in [5.41, 5.74) is 2.23. The van der Waals surface area contributed by atoms with Crippen molar-refractivity contribution in [2.24, 2.45) is 0 Å². The van der Waals surface area contributed by atoms with E-state index in [1.165, 1.54) is 24.3 Å². The fraction of sp³-hybridized carbons (Fsp3) is 0.269. The number of sulfonamides is 1. The van der Waals surface area contributed by atoms with Crippen molar-refractivity contribution in [3.8, 4) is 5.75 Å². The van der Waals surface area contributed by atoms with Gasteiger partial charge in [0.2, 0.25) is 5.91 Å². The van der Waals surface area contributed by atoms with E-state index >= 15 is 0 Å². The Hall–Kier alpha value is -3.39. The highest BCUT2D eigenvalue weighted by Crippen LogP contribution is 2.26. The SMILES string of the molecule is CCOc1ccc(S(=O)(=O)N(CC(=O)N[C@H](CC)c2ccc(C)cc2)c2ccc(F)cc2)cc1. The molecule has 0 aromatic heterocycles. The van der Waals surface area contributed by atoms with Crippen LogP contribution in [0.15, 0.2) is 77.7 Å². The van der Waals surface area contributed by atoms with Crippen molar-refractivity contribution < 1.29 is 22.3 Å². The van der Waals surface area contributed by atoms with Crippen LogP contribution in [0, 0.1) is 12.7 Å². The van der Waals surface area contributed by atoms with Gasteiger partial charge in [0.05, 0.1) is 23.2 Å². The van der Waals surface area contributed by atoms with Gasteiger partial charge >= 0.3 is 0 Å². The number of carbonyl (C=O) groups is 1. The normalized spacial score (nSPS) is 12.1. The first-order valence-corrected chi connectivity index (χ1v) is 12.6. The molecule has 1 atom stereocenters. The molecule has 34 heavy (non-hydrogen) atoms. The molecule has 0 aliphatic rings. The number of amides is 1. The van der Waals surface area contributed by atoms with Crippen LogP contribution in [0.4, 0.5) is 10.1 Å². The lowest BCUT2D eigenvalue weighted by Crippen LogP contribution is -2.42. The molecular weight excluding hydrogens is 455 g/mol. The largest absolute Gasteiger partial charge is 0.494 e. The second-order valence-corrected chi connectivity index (χ2v) is 9.69. The number of halogens is 1. The fourth-order valence-corrected chi connectivity index (χ4v) is 4.94. The minimum atomic E-state index is -4.11. The van der Waals surface area contributed by atoms with Crippen LogP contribution >= 0.6 is 0 Å². The quantitative estimate of drug-likeness (QED) is 0.440. The predicted octanol–water partition coefficient (Wildman–Crippen LogP) is 5.00. The summed E-state index contributed by atoms with van der Waals surface area (Å²) in [7, 11) is -4.11. The Morgan fingerprint density at radius 3 is 2.15 bits per heavy atom. The minimum Gasteiger partial charge on any atom is -0.494 e. The van der Waals surface area contributed by atoms with Crippen LogP contribution in [0.1, 0.15) is 37.4 Å². The fourth-order valence-electron chi connectivity index (χ4n) is 3.51. The molecule has 180 valence electrons. The molecule has 3 aromatic carbocycles. The van der Waals surface area contributed by atoms with Gasteiger partial charge in [-0.25, -0.2) is 12.8 Å². The highest BCUT2D eigenvalue weighted by molar-refractivity contribution is 7.92. The van der Waals surface area contributed by atoms with E-state index < -0.39 is 28.3 Å². The van der Waals surface area contributed by atoms with Crippen LogP contribution in [0.25, 0.3) is 0 Å². The molecule has 0 spiro atoms. The van der Waals surface area contributed by atoms with E-state index in [4.69, 9.17) is 4.74 Å². The molecule has 0 heterocycles.